The summed E-state index contributed by atoms with van der Waals surface area (Å²) in [7, 11) is 0. The van der Waals surface area contributed by atoms with Gasteiger partial charge in [0.15, 0.2) is 0 Å². The van der Waals surface area contributed by atoms with E-state index in [1.807, 2.05) is 0 Å². The molecular formula is C13H23N3. The van der Waals surface area contributed by atoms with E-state index in [0.717, 1.165) is 12.5 Å². The maximum atomic E-state index is 4.60. The fourth-order valence-corrected chi connectivity index (χ4v) is 2.48. The van der Waals surface area contributed by atoms with Crippen molar-refractivity contribution in [1.29, 1.82) is 0 Å². The summed E-state index contributed by atoms with van der Waals surface area (Å²) in [6.45, 7) is 9.92. The Kier molecular flexibility index (Phi) is 3.64. The van der Waals surface area contributed by atoms with Gasteiger partial charge in [0.25, 0.3) is 0 Å². The molecule has 90 valence electrons. The van der Waals surface area contributed by atoms with Crippen LogP contribution in [0.3, 0.4) is 0 Å². The van der Waals surface area contributed by atoms with E-state index in [1.165, 1.54) is 49.3 Å². The second kappa shape index (κ2) is 5.00. The normalized spacial score (nSPS) is 17.9. The van der Waals surface area contributed by atoms with E-state index < -0.39 is 0 Å². The van der Waals surface area contributed by atoms with Crippen LogP contribution in [-0.4, -0.2) is 22.9 Å². The van der Waals surface area contributed by atoms with Crippen LogP contribution in [0.2, 0.25) is 0 Å². The van der Waals surface area contributed by atoms with E-state index >= 15 is 0 Å². The summed E-state index contributed by atoms with van der Waals surface area (Å²) in [6, 6.07) is 0. The molecule has 16 heavy (non-hydrogen) atoms. The van der Waals surface area contributed by atoms with Crippen molar-refractivity contribution in [3.8, 4) is 0 Å². The summed E-state index contributed by atoms with van der Waals surface area (Å²) in [5, 5.41) is 8.01. The molecule has 1 aliphatic heterocycles. The molecular weight excluding hydrogens is 198 g/mol. The summed E-state index contributed by atoms with van der Waals surface area (Å²) in [5.41, 5.74) is 3.87. The molecule has 3 heteroatoms. The van der Waals surface area contributed by atoms with Crippen molar-refractivity contribution in [1.82, 2.24) is 15.1 Å². The fraction of sp³-hybridized carbons (Fsp3) is 0.769. The highest BCUT2D eigenvalue weighted by atomic mass is 15.3. The molecule has 1 aromatic heterocycles. The number of hydrogen-bond acceptors (Lipinski definition) is 2. The van der Waals surface area contributed by atoms with Crippen LogP contribution in [0.25, 0.3) is 0 Å². The Hall–Kier alpha value is -0.830. The van der Waals surface area contributed by atoms with Gasteiger partial charge in [-0.15, -0.1) is 0 Å². The molecule has 0 amide bonds. The van der Waals surface area contributed by atoms with Crippen LogP contribution < -0.4 is 5.32 Å². The van der Waals surface area contributed by atoms with E-state index in [9.17, 15) is 0 Å². The minimum atomic E-state index is 0.894. The highest BCUT2D eigenvalue weighted by molar-refractivity contribution is 5.21. The van der Waals surface area contributed by atoms with Gasteiger partial charge in [-0.05, 0) is 64.6 Å². The van der Waals surface area contributed by atoms with E-state index in [2.05, 4.69) is 35.9 Å². The first-order valence-corrected chi connectivity index (χ1v) is 6.40. The first-order valence-electron chi connectivity index (χ1n) is 6.40. The Morgan fingerprint density at radius 1 is 1.25 bits per heavy atom. The average molecular weight is 221 g/mol. The Balaban J connectivity index is 1.91. The predicted octanol–water partition coefficient (Wildman–Crippen LogP) is 2.20. The van der Waals surface area contributed by atoms with Crippen LogP contribution in [0.5, 0.6) is 0 Å². The lowest BCUT2D eigenvalue weighted by molar-refractivity contribution is 0.330. The van der Waals surface area contributed by atoms with Gasteiger partial charge in [-0.25, -0.2) is 0 Å². The minimum absolute atomic E-state index is 0.894. The van der Waals surface area contributed by atoms with Gasteiger partial charge in [0.2, 0.25) is 0 Å². The van der Waals surface area contributed by atoms with Crippen LogP contribution in [0, 0.1) is 26.7 Å². The summed E-state index contributed by atoms with van der Waals surface area (Å²) in [4.78, 5) is 0. The smallest absolute Gasteiger partial charge is 0.0625 e. The number of nitrogens with one attached hydrogen (secondary N) is 1. The first-order chi connectivity index (χ1) is 7.68. The molecule has 1 saturated heterocycles. The highest BCUT2D eigenvalue weighted by Crippen LogP contribution is 2.18. The maximum absolute atomic E-state index is 4.60. The zero-order chi connectivity index (χ0) is 11.5. The van der Waals surface area contributed by atoms with E-state index in [1.54, 1.807) is 0 Å². The summed E-state index contributed by atoms with van der Waals surface area (Å²) < 4.78 is 2.19. The van der Waals surface area contributed by atoms with Gasteiger partial charge in [-0.1, -0.05) is 0 Å². The van der Waals surface area contributed by atoms with Crippen molar-refractivity contribution in [3.63, 3.8) is 0 Å². The second-order valence-corrected chi connectivity index (χ2v) is 5.00. The Morgan fingerprint density at radius 2 is 1.94 bits per heavy atom. The van der Waals surface area contributed by atoms with E-state index in [-0.39, 0.29) is 0 Å². The van der Waals surface area contributed by atoms with Crippen molar-refractivity contribution < 1.29 is 0 Å². The van der Waals surface area contributed by atoms with Gasteiger partial charge >= 0.3 is 0 Å². The topological polar surface area (TPSA) is 29.9 Å². The van der Waals surface area contributed by atoms with Crippen LogP contribution in [0.15, 0.2) is 0 Å². The summed E-state index contributed by atoms with van der Waals surface area (Å²) in [5.74, 6) is 0.894. The third kappa shape index (κ3) is 2.46. The van der Waals surface area contributed by atoms with Gasteiger partial charge in [-0.3, -0.25) is 4.68 Å². The molecule has 1 aliphatic rings. The van der Waals surface area contributed by atoms with Crippen LogP contribution in [0.1, 0.15) is 36.2 Å². The third-order valence-electron chi connectivity index (χ3n) is 3.95. The van der Waals surface area contributed by atoms with Gasteiger partial charge in [0.05, 0.1) is 5.69 Å². The molecule has 0 bridgehead atoms. The van der Waals surface area contributed by atoms with Crippen molar-refractivity contribution in [2.75, 3.05) is 13.1 Å². The quantitative estimate of drug-likeness (QED) is 0.848. The zero-order valence-electron chi connectivity index (χ0n) is 10.7. The van der Waals surface area contributed by atoms with Crippen molar-refractivity contribution in [2.24, 2.45) is 5.92 Å². The SMILES string of the molecule is Cc1nn(CCC2CCNCC2)c(C)c1C. The van der Waals surface area contributed by atoms with Crippen molar-refractivity contribution >= 4 is 0 Å². The predicted molar refractivity (Wildman–Crippen MR) is 66.6 cm³/mol. The Bertz CT molecular complexity index is 348. The molecule has 2 heterocycles. The van der Waals surface area contributed by atoms with Crippen molar-refractivity contribution in [3.05, 3.63) is 17.0 Å². The van der Waals surface area contributed by atoms with E-state index in [0.29, 0.717) is 0 Å². The molecule has 3 nitrogen and oxygen atoms in total. The highest BCUT2D eigenvalue weighted by Gasteiger charge is 2.14. The second-order valence-electron chi connectivity index (χ2n) is 5.00. The van der Waals surface area contributed by atoms with Gasteiger partial charge < -0.3 is 5.32 Å². The van der Waals surface area contributed by atoms with Crippen LogP contribution >= 0.6 is 0 Å². The Morgan fingerprint density at radius 3 is 2.50 bits per heavy atom. The average Bonchev–Trinajstić information content (AvgIpc) is 2.56. The Labute approximate surface area is 98.2 Å². The van der Waals surface area contributed by atoms with Gasteiger partial charge in [0.1, 0.15) is 0 Å². The molecule has 0 spiro atoms. The number of piperidine rings is 1. The zero-order valence-corrected chi connectivity index (χ0v) is 10.7. The molecule has 0 saturated carbocycles. The molecule has 2 rings (SSSR count). The maximum Gasteiger partial charge on any atom is 0.0625 e. The number of rotatable bonds is 3. The molecule has 1 N–H and O–H groups in total. The number of aromatic nitrogens is 2. The number of hydrogen-bond donors (Lipinski definition) is 1. The monoisotopic (exact) mass is 221 g/mol. The lowest BCUT2D eigenvalue weighted by atomic mass is 9.95. The standard InChI is InChI=1S/C13H23N3/c1-10-11(2)15-16(12(10)3)9-6-13-4-7-14-8-5-13/h13-14H,4-9H2,1-3H3. The molecule has 0 atom stereocenters. The lowest BCUT2D eigenvalue weighted by Gasteiger charge is -2.22. The van der Waals surface area contributed by atoms with E-state index in [4.69, 9.17) is 0 Å². The van der Waals surface area contributed by atoms with Crippen LogP contribution in [0.4, 0.5) is 0 Å². The number of nitrogens with zero attached hydrogens (tertiary/aromatic N) is 2. The summed E-state index contributed by atoms with van der Waals surface area (Å²) >= 11 is 0. The number of aryl methyl sites for hydroxylation is 2. The molecule has 0 aliphatic carbocycles. The first kappa shape index (κ1) is 11.6. The largest absolute Gasteiger partial charge is 0.317 e. The minimum Gasteiger partial charge on any atom is -0.317 e. The molecule has 0 unspecified atom stereocenters. The van der Waals surface area contributed by atoms with Gasteiger partial charge in [-0.2, -0.15) is 5.10 Å². The molecule has 0 radical (unpaired) electrons. The van der Waals surface area contributed by atoms with Crippen molar-refractivity contribution in [2.45, 2.75) is 46.6 Å². The van der Waals surface area contributed by atoms with Gasteiger partial charge in [0, 0.05) is 12.2 Å². The fourth-order valence-electron chi connectivity index (χ4n) is 2.48. The molecule has 1 fully saturated rings. The third-order valence-corrected chi connectivity index (χ3v) is 3.95. The lowest BCUT2D eigenvalue weighted by Crippen LogP contribution is -2.28. The molecule has 1 aromatic rings. The molecule has 0 aromatic carbocycles. The van der Waals surface area contributed by atoms with Crippen LogP contribution in [-0.2, 0) is 6.54 Å². The summed E-state index contributed by atoms with van der Waals surface area (Å²) in [6.07, 6.45) is 3.94.